The fourth-order valence-corrected chi connectivity index (χ4v) is 5.83. The van der Waals surface area contributed by atoms with E-state index in [1.807, 2.05) is 6.20 Å². The monoisotopic (exact) mass is 364 g/mol. The van der Waals surface area contributed by atoms with Crippen molar-refractivity contribution in [3.8, 4) is 0 Å². The topological polar surface area (TPSA) is 66.4 Å². The third-order valence-electron chi connectivity index (χ3n) is 4.61. The van der Waals surface area contributed by atoms with Crippen molar-refractivity contribution >= 4 is 27.3 Å². The molecule has 0 atom stereocenters. The molecule has 1 fully saturated rings. The number of piperidine rings is 1. The molecule has 0 radical (unpaired) electrons. The molecule has 2 aliphatic rings. The fraction of sp³-hybridized carbons (Fsp3) is 0.500. The summed E-state index contributed by atoms with van der Waals surface area (Å²) < 4.78 is 27.3. The number of nitrogens with zero attached hydrogens (tertiary/aromatic N) is 4. The van der Waals surface area contributed by atoms with Gasteiger partial charge in [0.1, 0.15) is 4.21 Å². The Kier molecular flexibility index (Phi) is 4.28. The molecule has 24 heavy (non-hydrogen) atoms. The lowest BCUT2D eigenvalue weighted by Gasteiger charge is -2.30. The van der Waals surface area contributed by atoms with Gasteiger partial charge in [-0.05, 0) is 30.7 Å². The zero-order chi connectivity index (χ0) is 16.6. The van der Waals surface area contributed by atoms with Gasteiger partial charge in [0.05, 0.1) is 5.69 Å². The molecule has 6 nitrogen and oxygen atoms in total. The maximum absolute atomic E-state index is 12.7. The zero-order valence-electron chi connectivity index (χ0n) is 13.4. The van der Waals surface area contributed by atoms with Crippen molar-refractivity contribution in [2.75, 3.05) is 24.5 Å². The fourth-order valence-electron chi connectivity index (χ4n) is 3.27. The van der Waals surface area contributed by atoms with Crippen LogP contribution in [-0.2, 0) is 23.0 Å². The number of sulfonamides is 1. The maximum atomic E-state index is 12.7. The Hall–Kier alpha value is -1.51. The van der Waals surface area contributed by atoms with Crippen LogP contribution in [0, 0.1) is 0 Å². The van der Waals surface area contributed by atoms with Crippen molar-refractivity contribution < 1.29 is 8.42 Å². The second kappa shape index (κ2) is 6.42. The van der Waals surface area contributed by atoms with E-state index in [0.29, 0.717) is 23.7 Å². The lowest BCUT2D eigenvalue weighted by Crippen LogP contribution is -2.37. The molecule has 2 aromatic heterocycles. The third kappa shape index (κ3) is 2.94. The Morgan fingerprint density at radius 2 is 1.96 bits per heavy atom. The lowest BCUT2D eigenvalue weighted by atomic mass is 10.1. The molecule has 8 heteroatoms. The number of thiophene rings is 1. The van der Waals surface area contributed by atoms with E-state index < -0.39 is 10.0 Å². The summed E-state index contributed by atoms with van der Waals surface area (Å²) in [5, 5.41) is 1.79. The van der Waals surface area contributed by atoms with Crippen molar-refractivity contribution in [1.82, 2.24) is 14.3 Å². The van der Waals surface area contributed by atoms with Crippen LogP contribution >= 0.6 is 11.3 Å². The largest absolute Gasteiger partial charge is 0.341 e. The smallest absolute Gasteiger partial charge is 0.252 e. The van der Waals surface area contributed by atoms with Crippen LogP contribution in [-0.4, -0.2) is 42.3 Å². The van der Waals surface area contributed by atoms with Crippen molar-refractivity contribution in [2.24, 2.45) is 0 Å². The van der Waals surface area contributed by atoms with Crippen LogP contribution in [0.1, 0.15) is 30.5 Å². The highest BCUT2D eigenvalue weighted by atomic mass is 32.2. The maximum Gasteiger partial charge on any atom is 0.252 e. The minimum atomic E-state index is -3.41. The van der Waals surface area contributed by atoms with E-state index in [0.717, 1.165) is 30.3 Å². The first kappa shape index (κ1) is 16.0. The summed E-state index contributed by atoms with van der Waals surface area (Å²) in [6.45, 7) is 2.86. The summed E-state index contributed by atoms with van der Waals surface area (Å²) in [4.78, 5) is 11.4. The molecule has 0 aliphatic carbocycles. The minimum absolute atomic E-state index is 0.357. The number of hydrogen-bond donors (Lipinski definition) is 0. The normalized spacial score (nSPS) is 19.2. The Bertz CT molecular complexity index is 815. The third-order valence-corrected chi connectivity index (χ3v) is 7.83. The summed E-state index contributed by atoms with van der Waals surface area (Å²) in [5.74, 6) is 0.794. The van der Waals surface area contributed by atoms with Crippen LogP contribution in [0.2, 0.25) is 0 Å². The molecule has 2 aromatic rings. The first-order chi connectivity index (χ1) is 11.6. The number of hydrogen-bond acceptors (Lipinski definition) is 6. The van der Waals surface area contributed by atoms with Crippen molar-refractivity contribution in [1.29, 1.82) is 0 Å². The molecule has 0 spiro atoms. The highest BCUT2D eigenvalue weighted by Crippen LogP contribution is 2.27. The molecule has 0 bridgehead atoms. The Labute approximate surface area is 146 Å². The quantitative estimate of drug-likeness (QED) is 0.836. The van der Waals surface area contributed by atoms with Crippen LogP contribution in [0.4, 0.5) is 5.95 Å². The Morgan fingerprint density at radius 1 is 1.12 bits per heavy atom. The van der Waals surface area contributed by atoms with E-state index in [-0.39, 0.29) is 0 Å². The molecule has 4 heterocycles. The van der Waals surface area contributed by atoms with Gasteiger partial charge in [0, 0.05) is 44.4 Å². The number of aromatic nitrogens is 2. The number of anilines is 1. The van der Waals surface area contributed by atoms with E-state index in [9.17, 15) is 8.42 Å². The summed E-state index contributed by atoms with van der Waals surface area (Å²) >= 11 is 1.26. The Morgan fingerprint density at radius 3 is 2.71 bits per heavy atom. The summed E-state index contributed by atoms with van der Waals surface area (Å²) in [6, 6.07) is 3.43. The van der Waals surface area contributed by atoms with Gasteiger partial charge in [0.15, 0.2) is 0 Å². The van der Waals surface area contributed by atoms with Gasteiger partial charge in [-0.15, -0.1) is 11.3 Å². The SMILES string of the molecule is O=S(=O)(c1cccs1)N1CCc2nc(N3CCCCC3)ncc2C1. The Balaban J connectivity index is 1.56. The molecular weight excluding hydrogens is 344 g/mol. The van der Waals surface area contributed by atoms with Crippen LogP contribution in [0.3, 0.4) is 0 Å². The average Bonchev–Trinajstić information content (AvgIpc) is 3.17. The molecule has 1 saturated heterocycles. The molecule has 2 aliphatic heterocycles. The summed E-state index contributed by atoms with van der Waals surface area (Å²) in [5.41, 5.74) is 1.91. The molecule has 0 N–H and O–H groups in total. The first-order valence-corrected chi connectivity index (χ1v) is 10.6. The van der Waals surface area contributed by atoms with Crippen LogP contribution in [0.15, 0.2) is 27.9 Å². The molecule has 0 unspecified atom stereocenters. The molecule has 128 valence electrons. The van der Waals surface area contributed by atoms with Crippen LogP contribution in [0.5, 0.6) is 0 Å². The zero-order valence-corrected chi connectivity index (χ0v) is 15.0. The van der Waals surface area contributed by atoms with Gasteiger partial charge in [0.25, 0.3) is 10.0 Å². The highest BCUT2D eigenvalue weighted by Gasteiger charge is 2.30. The van der Waals surface area contributed by atoms with Gasteiger partial charge < -0.3 is 4.90 Å². The average molecular weight is 364 g/mol. The van der Waals surface area contributed by atoms with E-state index in [1.54, 1.807) is 17.5 Å². The lowest BCUT2D eigenvalue weighted by molar-refractivity contribution is 0.387. The molecule has 4 rings (SSSR count). The van der Waals surface area contributed by atoms with Gasteiger partial charge in [0.2, 0.25) is 5.95 Å². The summed E-state index contributed by atoms with van der Waals surface area (Å²) in [7, 11) is -3.41. The van der Waals surface area contributed by atoms with Gasteiger partial charge in [-0.3, -0.25) is 0 Å². The van der Waals surface area contributed by atoms with E-state index in [2.05, 4.69) is 9.88 Å². The second-order valence-electron chi connectivity index (χ2n) is 6.21. The molecule has 0 amide bonds. The van der Waals surface area contributed by atoms with Crippen LogP contribution < -0.4 is 4.90 Å². The van der Waals surface area contributed by atoms with Crippen molar-refractivity contribution in [3.63, 3.8) is 0 Å². The van der Waals surface area contributed by atoms with Gasteiger partial charge in [-0.2, -0.15) is 4.31 Å². The van der Waals surface area contributed by atoms with Gasteiger partial charge >= 0.3 is 0 Å². The molecule has 0 saturated carbocycles. The van der Waals surface area contributed by atoms with Crippen LogP contribution in [0.25, 0.3) is 0 Å². The first-order valence-electron chi connectivity index (χ1n) is 8.28. The summed E-state index contributed by atoms with van der Waals surface area (Å²) in [6.07, 6.45) is 6.10. The van der Waals surface area contributed by atoms with E-state index in [4.69, 9.17) is 4.98 Å². The minimum Gasteiger partial charge on any atom is -0.341 e. The predicted octanol–water partition coefficient (Wildman–Crippen LogP) is 2.28. The van der Waals surface area contributed by atoms with Crippen molar-refractivity contribution in [3.05, 3.63) is 35.0 Å². The number of fused-ring (bicyclic) bond motifs is 1. The predicted molar refractivity (Wildman–Crippen MR) is 93.7 cm³/mol. The standard InChI is InChI=1S/C16H20N4O2S2/c21-24(22,15-5-4-10-23-15)20-9-6-14-13(12-20)11-17-16(18-14)19-7-2-1-3-8-19/h4-5,10-11H,1-3,6-9,12H2. The molecule has 0 aromatic carbocycles. The van der Waals surface area contributed by atoms with Gasteiger partial charge in [-0.1, -0.05) is 6.07 Å². The van der Waals surface area contributed by atoms with E-state index >= 15 is 0 Å². The molecular formula is C16H20N4O2S2. The van der Waals surface area contributed by atoms with Crippen molar-refractivity contribution in [2.45, 2.75) is 36.4 Å². The van der Waals surface area contributed by atoms with E-state index in [1.165, 1.54) is 34.9 Å². The number of rotatable bonds is 3. The highest BCUT2D eigenvalue weighted by molar-refractivity contribution is 7.91. The van der Waals surface area contributed by atoms with Gasteiger partial charge in [-0.25, -0.2) is 18.4 Å². The second-order valence-corrected chi connectivity index (χ2v) is 9.32.